The van der Waals surface area contributed by atoms with Crippen LogP contribution < -0.4 is 5.32 Å². The Labute approximate surface area is 121 Å². The van der Waals surface area contributed by atoms with Crippen molar-refractivity contribution in [1.82, 2.24) is 0 Å². The van der Waals surface area contributed by atoms with Crippen molar-refractivity contribution < 1.29 is 14.7 Å². The number of hydrogen-bond acceptors (Lipinski definition) is 3. The summed E-state index contributed by atoms with van der Waals surface area (Å²) in [6.45, 7) is 3.75. The summed E-state index contributed by atoms with van der Waals surface area (Å²) in [6, 6.07) is 8.51. The molecular formula is C15H15NO3S. The van der Waals surface area contributed by atoms with Gasteiger partial charge >= 0.3 is 5.97 Å². The number of carboxylic acids is 1. The zero-order valence-corrected chi connectivity index (χ0v) is 12.1. The SMILES string of the molecule is CCc1ccc(C(=O)Nc2ccc(C(=O)O)c(C)c2)s1. The number of nitrogens with one attached hydrogen (secondary N) is 1. The molecule has 0 unspecified atom stereocenters. The van der Waals surface area contributed by atoms with Gasteiger partial charge in [0.2, 0.25) is 0 Å². The lowest BCUT2D eigenvalue weighted by atomic mass is 10.1. The Bertz CT molecular complexity index is 661. The van der Waals surface area contributed by atoms with Gasteiger partial charge in [0.25, 0.3) is 5.91 Å². The highest BCUT2D eigenvalue weighted by Crippen LogP contribution is 2.20. The van der Waals surface area contributed by atoms with Crippen LogP contribution in [0.4, 0.5) is 5.69 Å². The number of aryl methyl sites for hydroxylation is 2. The van der Waals surface area contributed by atoms with Crippen molar-refractivity contribution in [3.8, 4) is 0 Å². The van der Waals surface area contributed by atoms with Crippen LogP contribution in [-0.4, -0.2) is 17.0 Å². The molecule has 2 N–H and O–H groups in total. The van der Waals surface area contributed by atoms with Gasteiger partial charge in [0, 0.05) is 10.6 Å². The van der Waals surface area contributed by atoms with E-state index in [4.69, 9.17) is 5.11 Å². The van der Waals surface area contributed by atoms with Gasteiger partial charge in [0.05, 0.1) is 10.4 Å². The molecule has 0 radical (unpaired) electrons. The highest BCUT2D eigenvalue weighted by atomic mass is 32.1. The minimum atomic E-state index is -0.966. The van der Waals surface area contributed by atoms with E-state index in [0.29, 0.717) is 16.1 Å². The van der Waals surface area contributed by atoms with Crippen molar-refractivity contribution in [2.75, 3.05) is 5.32 Å². The van der Waals surface area contributed by atoms with Crippen LogP contribution in [0.3, 0.4) is 0 Å². The molecule has 0 fully saturated rings. The van der Waals surface area contributed by atoms with E-state index < -0.39 is 5.97 Å². The van der Waals surface area contributed by atoms with Gasteiger partial charge in [-0.1, -0.05) is 6.92 Å². The first kappa shape index (κ1) is 14.3. The number of aromatic carboxylic acids is 1. The van der Waals surface area contributed by atoms with Gasteiger partial charge < -0.3 is 10.4 Å². The maximum Gasteiger partial charge on any atom is 0.335 e. The van der Waals surface area contributed by atoms with E-state index in [-0.39, 0.29) is 11.5 Å². The number of thiophene rings is 1. The third-order valence-corrected chi connectivity index (χ3v) is 4.18. The van der Waals surface area contributed by atoms with E-state index in [1.54, 1.807) is 25.1 Å². The maximum absolute atomic E-state index is 12.1. The van der Waals surface area contributed by atoms with Crippen LogP contribution in [0.15, 0.2) is 30.3 Å². The molecule has 0 spiro atoms. The molecule has 0 atom stereocenters. The molecule has 1 amide bonds. The van der Waals surface area contributed by atoms with E-state index in [9.17, 15) is 9.59 Å². The van der Waals surface area contributed by atoms with Crippen LogP contribution in [0.1, 0.15) is 37.4 Å². The predicted octanol–water partition coefficient (Wildman–Crippen LogP) is 3.57. The molecule has 2 aromatic rings. The summed E-state index contributed by atoms with van der Waals surface area (Å²) in [5, 5.41) is 11.7. The fourth-order valence-corrected chi connectivity index (χ4v) is 2.71. The number of carbonyl (C=O) groups excluding carboxylic acids is 1. The predicted molar refractivity (Wildman–Crippen MR) is 79.8 cm³/mol. The lowest BCUT2D eigenvalue weighted by molar-refractivity contribution is 0.0696. The minimum Gasteiger partial charge on any atom is -0.478 e. The van der Waals surface area contributed by atoms with Crippen molar-refractivity contribution in [3.63, 3.8) is 0 Å². The Balaban J connectivity index is 2.15. The summed E-state index contributed by atoms with van der Waals surface area (Å²) in [5.74, 6) is -1.14. The molecule has 2 rings (SSSR count). The Morgan fingerprint density at radius 3 is 2.55 bits per heavy atom. The van der Waals surface area contributed by atoms with Crippen LogP contribution >= 0.6 is 11.3 Å². The first-order valence-electron chi connectivity index (χ1n) is 6.25. The van der Waals surface area contributed by atoms with Crippen molar-refractivity contribution in [3.05, 3.63) is 51.2 Å². The Morgan fingerprint density at radius 2 is 2.00 bits per heavy atom. The quantitative estimate of drug-likeness (QED) is 0.904. The lowest BCUT2D eigenvalue weighted by Crippen LogP contribution is -2.10. The number of anilines is 1. The van der Waals surface area contributed by atoms with Gasteiger partial charge in [0.1, 0.15) is 0 Å². The summed E-state index contributed by atoms with van der Waals surface area (Å²) in [6.07, 6.45) is 0.907. The summed E-state index contributed by atoms with van der Waals surface area (Å²) >= 11 is 1.47. The highest BCUT2D eigenvalue weighted by Gasteiger charge is 2.11. The monoisotopic (exact) mass is 289 g/mol. The van der Waals surface area contributed by atoms with Crippen molar-refractivity contribution in [1.29, 1.82) is 0 Å². The van der Waals surface area contributed by atoms with Crippen LogP contribution in [0.5, 0.6) is 0 Å². The van der Waals surface area contributed by atoms with Crippen molar-refractivity contribution in [2.45, 2.75) is 20.3 Å². The molecule has 1 aromatic carbocycles. The topological polar surface area (TPSA) is 66.4 Å². The second-order valence-corrected chi connectivity index (χ2v) is 5.58. The average molecular weight is 289 g/mol. The zero-order chi connectivity index (χ0) is 14.7. The number of hydrogen-bond donors (Lipinski definition) is 2. The van der Waals surface area contributed by atoms with Crippen LogP contribution in [0.25, 0.3) is 0 Å². The normalized spacial score (nSPS) is 10.3. The molecule has 0 aliphatic heterocycles. The number of rotatable bonds is 4. The molecule has 5 heteroatoms. The molecular weight excluding hydrogens is 274 g/mol. The van der Waals surface area contributed by atoms with E-state index in [1.807, 2.05) is 13.0 Å². The van der Waals surface area contributed by atoms with Crippen molar-refractivity contribution in [2.24, 2.45) is 0 Å². The van der Waals surface area contributed by atoms with Gasteiger partial charge in [-0.15, -0.1) is 11.3 Å². The van der Waals surface area contributed by atoms with Gasteiger partial charge in [-0.05, 0) is 49.2 Å². The zero-order valence-electron chi connectivity index (χ0n) is 11.3. The molecule has 104 valence electrons. The Kier molecular flexibility index (Phi) is 4.20. The van der Waals surface area contributed by atoms with E-state index in [1.165, 1.54) is 17.4 Å². The van der Waals surface area contributed by atoms with Crippen molar-refractivity contribution >= 4 is 28.9 Å². The number of carboxylic acid groups (broad SMARTS) is 1. The van der Waals surface area contributed by atoms with Crippen LogP contribution in [0, 0.1) is 6.92 Å². The third-order valence-electron chi connectivity index (χ3n) is 2.95. The molecule has 0 saturated carbocycles. The second kappa shape index (κ2) is 5.88. The average Bonchev–Trinajstić information content (AvgIpc) is 2.87. The molecule has 1 aromatic heterocycles. The molecule has 20 heavy (non-hydrogen) atoms. The molecule has 0 saturated heterocycles. The lowest BCUT2D eigenvalue weighted by Gasteiger charge is -2.06. The molecule has 4 nitrogen and oxygen atoms in total. The molecule has 0 aliphatic rings. The molecule has 1 heterocycles. The standard InChI is InChI=1S/C15H15NO3S/c1-3-11-5-7-13(20-11)14(17)16-10-4-6-12(15(18)19)9(2)8-10/h4-8H,3H2,1-2H3,(H,16,17)(H,18,19). The van der Waals surface area contributed by atoms with Gasteiger partial charge in [0.15, 0.2) is 0 Å². The first-order chi connectivity index (χ1) is 9.51. The second-order valence-electron chi connectivity index (χ2n) is 4.41. The fourth-order valence-electron chi connectivity index (χ4n) is 1.86. The smallest absolute Gasteiger partial charge is 0.335 e. The summed E-state index contributed by atoms with van der Waals surface area (Å²) < 4.78 is 0. The molecule has 0 aliphatic carbocycles. The largest absolute Gasteiger partial charge is 0.478 e. The van der Waals surface area contributed by atoms with Crippen LogP contribution in [0.2, 0.25) is 0 Å². The van der Waals surface area contributed by atoms with Gasteiger partial charge in [-0.2, -0.15) is 0 Å². The first-order valence-corrected chi connectivity index (χ1v) is 7.07. The van der Waals surface area contributed by atoms with Gasteiger partial charge in [-0.25, -0.2) is 4.79 Å². The van der Waals surface area contributed by atoms with Gasteiger partial charge in [-0.3, -0.25) is 4.79 Å². The maximum atomic E-state index is 12.1. The van der Waals surface area contributed by atoms with E-state index in [2.05, 4.69) is 5.32 Å². The fraction of sp³-hybridized carbons (Fsp3) is 0.200. The van der Waals surface area contributed by atoms with Crippen LogP contribution in [-0.2, 0) is 6.42 Å². The van der Waals surface area contributed by atoms with E-state index >= 15 is 0 Å². The Morgan fingerprint density at radius 1 is 1.25 bits per heavy atom. The number of benzene rings is 1. The molecule has 0 bridgehead atoms. The summed E-state index contributed by atoms with van der Waals surface area (Å²) in [5.41, 5.74) is 1.46. The highest BCUT2D eigenvalue weighted by molar-refractivity contribution is 7.14. The third kappa shape index (κ3) is 3.05. The summed E-state index contributed by atoms with van der Waals surface area (Å²) in [7, 11) is 0. The number of carbonyl (C=O) groups is 2. The van der Waals surface area contributed by atoms with E-state index in [0.717, 1.165) is 11.3 Å². The summed E-state index contributed by atoms with van der Waals surface area (Å²) in [4.78, 5) is 24.8. The number of amides is 1. The minimum absolute atomic E-state index is 0.169. The Hall–Kier alpha value is -2.14.